The van der Waals surface area contributed by atoms with Crippen LogP contribution >= 0.6 is 0 Å². The number of ether oxygens (including phenoxy) is 2. The van der Waals surface area contributed by atoms with E-state index in [1.54, 1.807) is 6.07 Å². The zero-order valence-electron chi connectivity index (χ0n) is 22.4. The highest BCUT2D eigenvalue weighted by atomic mass is 19.4. The van der Waals surface area contributed by atoms with Crippen LogP contribution in [0.25, 0.3) is 10.8 Å². The molecule has 4 aromatic carbocycles. The zero-order chi connectivity index (χ0) is 28.2. The van der Waals surface area contributed by atoms with E-state index in [4.69, 9.17) is 9.47 Å². The van der Waals surface area contributed by atoms with E-state index in [1.807, 2.05) is 36.4 Å². The summed E-state index contributed by atoms with van der Waals surface area (Å²) in [5, 5.41) is 2.29. The van der Waals surface area contributed by atoms with Crippen LogP contribution in [0.1, 0.15) is 29.5 Å². The first kappa shape index (κ1) is 27.9. The number of carbonyl (C=O) groups is 1. The largest absolute Gasteiger partial charge is 0.457 e. The van der Waals surface area contributed by atoms with Gasteiger partial charge < -0.3 is 14.0 Å². The molecule has 1 saturated heterocycles. The van der Waals surface area contributed by atoms with Gasteiger partial charge in [-0.1, -0.05) is 103 Å². The molecule has 1 fully saturated rings. The number of fused-ring (bicyclic) bond motifs is 1. The third-order valence-corrected chi connectivity index (χ3v) is 8.20. The molecule has 208 valence electrons. The molecule has 3 atom stereocenters. The number of nitrogens with zero attached hydrogens (tertiary/aromatic N) is 1. The van der Waals surface area contributed by atoms with Gasteiger partial charge in [-0.3, -0.25) is 0 Å². The Labute approximate surface area is 232 Å². The molecule has 0 N–H and O–H groups in total. The average Bonchev–Trinajstić information content (AvgIpc) is 3.34. The number of benzene rings is 4. The smallest absolute Gasteiger partial charge is 0.432 e. The molecule has 1 aliphatic rings. The standard InChI is InChI=1S/C33H33F3NO3/c1-39-32(33(34,35)36,28-17-6-3-7-18-28)31(38)40-24-29-19-11-21-37(29,22-25-12-4-2-5-13-25)23-27-16-10-15-26-14-8-9-20-30(26)27/h2-10,12-18,20,29H,11,19,21-24H2,1H3/q+1/t29-,32?,37?/m0/s1. The van der Waals surface area contributed by atoms with Crippen LogP contribution in [-0.4, -0.2) is 42.9 Å². The van der Waals surface area contributed by atoms with Gasteiger partial charge in [0, 0.05) is 36.6 Å². The molecular formula is C33H33F3NO3+. The summed E-state index contributed by atoms with van der Waals surface area (Å²) in [5.74, 6) is -1.44. The molecule has 2 unspecified atom stereocenters. The Morgan fingerprint density at radius 2 is 1.50 bits per heavy atom. The Bertz CT molecular complexity index is 1440. The minimum atomic E-state index is -5.01. The molecule has 0 saturated carbocycles. The maximum atomic E-state index is 14.5. The topological polar surface area (TPSA) is 35.5 Å². The van der Waals surface area contributed by atoms with E-state index in [2.05, 4.69) is 36.4 Å². The lowest BCUT2D eigenvalue weighted by Crippen LogP contribution is -2.55. The van der Waals surface area contributed by atoms with Crippen molar-refractivity contribution in [2.75, 3.05) is 20.3 Å². The summed E-state index contributed by atoms with van der Waals surface area (Å²) in [6.45, 7) is 2.05. The molecule has 7 heteroatoms. The van der Waals surface area contributed by atoms with Crippen molar-refractivity contribution in [2.45, 2.75) is 43.8 Å². The van der Waals surface area contributed by atoms with E-state index in [1.165, 1.54) is 24.3 Å². The lowest BCUT2D eigenvalue weighted by molar-refractivity contribution is -0.964. The molecule has 0 aliphatic carbocycles. The van der Waals surface area contributed by atoms with E-state index in [-0.39, 0.29) is 18.2 Å². The molecule has 0 aromatic heterocycles. The van der Waals surface area contributed by atoms with Gasteiger partial charge in [0.25, 0.3) is 5.60 Å². The van der Waals surface area contributed by atoms with Crippen LogP contribution < -0.4 is 0 Å². The fourth-order valence-corrected chi connectivity index (χ4v) is 6.19. The van der Waals surface area contributed by atoms with Gasteiger partial charge in [-0.25, -0.2) is 4.79 Å². The third kappa shape index (κ3) is 5.23. The van der Waals surface area contributed by atoms with Crippen molar-refractivity contribution in [1.82, 2.24) is 0 Å². The molecule has 0 radical (unpaired) electrons. The average molecular weight is 549 g/mol. The van der Waals surface area contributed by atoms with Crippen LogP contribution in [0.4, 0.5) is 13.2 Å². The van der Waals surface area contributed by atoms with Gasteiger partial charge in [0.2, 0.25) is 0 Å². The highest BCUT2D eigenvalue weighted by molar-refractivity contribution is 5.85. The Morgan fingerprint density at radius 3 is 2.20 bits per heavy atom. The number of hydrogen-bond acceptors (Lipinski definition) is 3. The van der Waals surface area contributed by atoms with Gasteiger partial charge in [0.1, 0.15) is 25.7 Å². The second-order valence-corrected chi connectivity index (χ2v) is 10.5. The van der Waals surface area contributed by atoms with Gasteiger partial charge in [-0.05, 0) is 10.8 Å². The van der Waals surface area contributed by atoms with Gasteiger partial charge in [0.15, 0.2) is 0 Å². The molecule has 4 nitrogen and oxygen atoms in total. The van der Waals surface area contributed by atoms with Crippen LogP contribution in [0.3, 0.4) is 0 Å². The van der Waals surface area contributed by atoms with Crippen molar-refractivity contribution in [3.8, 4) is 0 Å². The normalized spacial score (nSPS) is 20.8. The predicted molar refractivity (Wildman–Crippen MR) is 148 cm³/mol. The highest BCUT2D eigenvalue weighted by Gasteiger charge is 2.64. The number of alkyl halides is 3. The summed E-state index contributed by atoms with van der Waals surface area (Å²) in [6.07, 6.45) is -3.38. The fourth-order valence-electron chi connectivity index (χ4n) is 6.19. The first-order valence-electron chi connectivity index (χ1n) is 13.5. The second kappa shape index (κ2) is 11.4. The maximum Gasteiger partial charge on any atom is 0.432 e. The summed E-state index contributed by atoms with van der Waals surface area (Å²) in [6, 6.07) is 31.3. The first-order valence-corrected chi connectivity index (χ1v) is 13.5. The van der Waals surface area contributed by atoms with Crippen LogP contribution in [0, 0.1) is 0 Å². The number of quaternary nitrogens is 1. The van der Waals surface area contributed by atoms with Gasteiger partial charge in [-0.2, -0.15) is 13.2 Å². The van der Waals surface area contributed by atoms with Crippen molar-refractivity contribution >= 4 is 16.7 Å². The van der Waals surface area contributed by atoms with Crippen molar-refractivity contribution < 1.29 is 31.9 Å². The third-order valence-electron chi connectivity index (χ3n) is 8.20. The number of carbonyl (C=O) groups excluding carboxylic acids is 1. The van der Waals surface area contributed by atoms with Crippen molar-refractivity contribution in [1.29, 1.82) is 0 Å². The van der Waals surface area contributed by atoms with Gasteiger partial charge >= 0.3 is 12.1 Å². The second-order valence-electron chi connectivity index (χ2n) is 10.5. The number of esters is 1. The van der Waals surface area contributed by atoms with Crippen molar-refractivity contribution in [2.24, 2.45) is 0 Å². The SMILES string of the molecule is COC(C(=O)OC[C@@H]1CCC[N+]1(Cc1ccccc1)Cc1cccc2ccccc12)(c1ccccc1)C(F)(F)F. The Morgan fingerprint density at radius 1 is 0.850 bits per heavy atom. The quantitative estimate of drug-likeness (QED) is 0.164. The number of hydrogen-bond donors (Lipinski definition) is 0. The van der Waals surface area contributed by atoms with Crippen molar-refractivity contribution in [3.63, 3.8) is 0 Å². The van der Waals surface area contributed by atoms with E-state index >= 15 is 0 Å². The van der Waals surface area contributed by atoms with Gasteiger partial charge in [-0.15, -0.1) is 0 Å². The van der Waals surface area contributed by atoms with Crippen LogP contribution in [0.5, 0.6) is 0 Å². The molecule has 0 spiro atoms. The molecule has 4 aromatic rings. The van der Waals surface area contributed by atoms with E-state index in [9.17, 15) is 18.0 Å². The molecule has 0 amide bonds. The van der Waals surface area contributed by atoms with Crippen LogP contribution in [0.15, 0.2) is 103 Å². The Kier molecular flexibility index (Phi) is 7.97. The lowest BCUT2D eigenvalue weighted by Gasteiger charge is -2.41. The maximum absolute atomic E-state index is 14.5. The number of methoxy groups -OCH3 is 1. The minimum absolute atomic E-state index is 0.134. The van der Waals surface area contributed by atoms with Crippen LogP contribution in [0.2, 0.25) is 0 Å². The molecule has 1 aliphatic heterocycles. The molecule has 1 heterocycles. The summed E-state index contributed by atoms with van der Waals surface area (Å²) >= 11 is 0. The molecular weight excluding hydrogens is 515 g/mol. The van der Waals surface area contributed by atoms with Crippen molar-refractivity contribution in [3.05, 3.63) is 120 Å². The number of halogens is 3. The van der Waals surface area contributed by atoms with E-state index in [0.29, 0.717) is 17.6 Å². The monoisotopic (exact) mass is 548 g/mol. The molecule has 0 bridgehead atoms. The molecule has 5 rings (SSSR count). The summed E-state index contributed by atoms with van der Waals surface area (Å²) in [4.78, 5) is 13.3. The first-order chi connectivity index (χ1) is 19.3. The predicted octanol–water partition coefficient (Wildman–Crippen LogP) is 7.17. The summed E-state index contributed by atoms with van der Waals surface area (Å²) in [5.41, 5.74) is -1.20. The summed E-state index contributed by atoms with van der Waals surface area (Å²) in [7, 11) is 0.896. The Balaban J connectivity index is 1.47. The summed E-state index contributed by atoms with van der Waals surface area (Å²) < 4.78 is 54.5. The van der Waals surface area contributed by atoms with E-state index in [0.717, 1.165) is 48.4 Å². The minimum Gasteiger partial charge on any atom is -0.457 e. The fraction of sp³-hybridized carbons (Fsp3) is 0.303. The number of likely N-dealkylation sites (tertiary alicyclic amines) is 1. The molecule has 40 heavy (non-hydrogen) atoms. The number of rotatable bonds is 9. The van der Waals surface area contributed by atoms with Crippen LogP contribution in [-0.2, 0) is 33.0 Å². The van der Waals surface area contributed by atoms with E-state index < -0.39 is 17.7 Å². The zero-order valence-corrected chi connectivity index (χ0v) is 22.4. The highest BCUT2D eigenvalue weighted by Crippen LogP contribution is 2.43. The lowest BCUT2D eigenvalue weighted by atomic mass is 9.92. The van der Waals surface area contributed by atoms with Gasteiger partial charge in [0.05, 0.1) is 6.54 Å². The Hall–Kier alpha value is -3.68.